The van der Waals surface area contributed by atoms with E-state index in [1.165, 1.54) is 0 Å². The molecule has 24 heavy (non-hydrogen) atoms. The van der Waals surface area contributed by atoms with Crippen LogP contribution in [0.2, 0.25) is 0 Å². The highest BCUT2D eigenvalue weighted by Crippen LogP contribution is 2.15. The maximum atomic E-state index is 9.32. The minimum atomic E-state index is 0.604. The zero-order valence-electron chi connectivity index (χ0n) is 13.9. The minimum Gasteiger partial charge on any atom is -0.338 e. The van der Waals surface area contributed by atoms with Gasteiger partial charge < -0.3 is 9.47 Å². The molecule has 1 saturated heterocycles. The first-order chi connectivity index (χ1) is 11.6. The average Bonchev–Trinajstić information content (AvgIpc) is 2.60. The van der Waals surface area contributed by atoms with Gasteiger partial charge in [-0.15, -0.1) is 0 Å². The largest absolute Gasteiger partial charge is 0.338 e. The highest BCUT2D eigenvalue weighted by Gasteiger charge is 2.19. The molecular formula is C17H20N6S. The van der Waals surface area contributed by atoms with Crippen LogP contribution in [0.5, 0.6) is 0 Å². The van der Waals surface area contributed by atoms with Gasteiger partial charge in [0.2, 0.25) is 5.95 Å². The standard InChI is InChI=1S/C17H20N6S/c1-13-10-14(2)23(16(24)15(13)11-18)12-21-6-8-22(9-7-21)17-19-4-3-5-20-17/h3-5,10H,6-9,12H2,1-2H3. The summed E-state index contributed by atoms with van der Waals surface area (Å²) in [5.74, 6) is 0.784. The summed E-state index contributed by atoms with van der Waals surface area (Å²) < 4.78 is 2.68. The molecule has 3 heterocycles. The summed E-state index contributed by atoms with van der Waals surface area (Å²) in [5.41, 5.74) is 2.64. The number of nitrogens with zero attached hydrogens (tertiary/aromatic N) is 6. The minimum absolute atomic E-state index is 0.604. The number of hydrogen-bond donors (Lipinski definition) is 0. The van der Waals surface area contributed by atoms with Gasteiger partial charge in [0.1, 0.15) is 10.7 Å². The number of aromatic nitrogens is 3. The molecule has 7 heteroatoms. The number of piperazine rings is 1. The van der Waals surface area contributed by atoms with Gasteiger partial charge in [-0.25, -0.2) is 9.97 Å². The second kappa shape index (κ2) is 7.07. The second-order valence-corrected chi connectivity index (χ2v) is 6.37. The first-order valence-electron chi connectivity index (χ1n) is 7.95. The summed E-state index contributed by atoms with van der Waals surface area (Å²) in [5, 5.41) is 9.32. The van der Waals surface area contributed by atoms with E-state index in [4.69, 9.17) is 12.2 Å². The van der Waals surface area contributed by atoms with Crippen LogP contribution >= 0.6 is 12.2 Å². The molecule has 1 aliphatic heterocycles. The van der Waals surface area contributed by atoms with E-state index in [0.717, 1.165) is 43.4 Å². The predicted octanol–water partition coefficient (Wildman–Crippen LogP) is 2.28. The molecule has 124 valence electrons. The fourth-order valence-electron chi connectivity index (χ4n) is 2.98. The van der Waals surface area contributed by atoms with Crippen molar-refractivity contribution < 1.29 is 0 Å². The first kappa shape index (κ1) is 16.6. The summed E-state index contributed by atoms with van der Waals surface area (Å²) >= 11 is 5.52. The predicted molar refractivity (Wildman–Crippen MR) is 95.3 cm³/mol. The van der Waals surface area contributed by atoms with Crippen molar-refractivity contribution in [3.63, 3.8) is 0 Å². The Morgan fingerprint density at radius 1 is 1.17 bits per heavy atom. The Balaban J connectivity index is 1.71. The number of pyridine rings is 1. The third kappa shape index (κ3) is 3.30. The summed E-state index contributed by atoms with van der Waals surface area (Å²) in [6.45, 7) is 8.27. The molecule has 2 aromatic rings. The zero-order chi connectivity index (χ0) is 17.1. The van der Waals surface area contributed by atoms with Crippen molar-refractivity contribution in [3.8, 4) is 6.07 Å². The Morgan fingerprint density at radius 3 is 2.46 bits per heavy atom. The summed E-state index contributed by atoms with van der Waals surface area (Å²) in [4.78, 5) is 13.2. The van der Waals surface area contributed by atoms with Crippen LogP contribution in [0.1, 0.15) is 16.8 Å². The van der Waals surface area contributed by atoms with Gasteiger partial charge in [-0.3, -0.25) is 4.90 Å². The molecule has 0 spiro atoms. The smallest absolute Gasteiger partial charge is 0.225 e. The summed E-state index contributed by atoms with van der Waals surface area (Å²) in [7, 11) is 0. The van der Waals surface area contributed by atoms with Gasteiger partial charge in [-0.1, -0.05) is 12.2 Å². The van der Waals surface area contributed by atoms with Gasteiger partial charge in [-0.05, 0) is 31.5 Å². The van der Waals surface area contributed by atoms with E-state index >= 15 is 0 Å². The topological polar surface area (TPSA) is 61.0 Å². The highest BCUT2D eigenvalue weighted by molar-refractivity contribution is 7.71. The second-order valence-electron chi connectivity index (χ2n) is 5.98. The van der Waals surface area contributed by atoms with Crippen LogP contribution in [-0.2, 0) is 6.67 Å². The fourth-order valence-corrected chi connectivity index (χ4v) is 3.39. The molecule has 1 fully saturated rings. The van der Waals surface area contributed by atoms with Crippen molar-refractivity contribution >= 4 is 18.2 Å². The van der Waals surface area contributed by atoms with Gasteiger partial charge in [0.05, 0.1) is 12.2 Å². The van der Waals surface area contributed by atoms with Gasteiger partial charge in [0.15, 0.2) is 0 Å². The van der Waals surface area contributed by atoms with Gasteiger partial charge >= 0.3 is 0 Å². The lowest BCUT2D eigenvalue weighted by Gasteiger charge is -2.35. The maximum Gasteiger partial charge on any atom is 0.225 e. The van der Waals surface area contributed by atoms with Crippen LogP contribution in [0.15, 0.2) is 24.5 Å². The van der Waals surface area contributed by atoms with Gasteiger partial charge in [0, 0.05) is 44.3 Å². The van der Waals surface area contributed by atoms with Crippen molar-refractivity contribution in [2.75, 3.05) is 31.1 Å². The van der Waals surface area contributed by atoms with E-state index in [2.05, 4.69) is 30.4 Å². The van der Waals surface area contributed by atoms with Crippen molar-refractivity contribution in [2.24, 2.45) is 0 Å². The molecule has 1 aliphatic rings. The van der Waals surface area contributed by atoms with E-state index in [0.29, 0.717) is 16.9 Å². The molecule has 0 saturated carbocycles. The molecule has 0 atom stereocenters. The van der Waals surface area contributed by atoms with Crippen molar-refractivity contribution in [3.05, 3.63) is 46.0 Å². The molecule has 0 N–H and O–H groups in total. The van der Waals surface area contributed by atoms with Crippen molar-refractivity contribution in [2.45, 2.75) is 20.5 Å². The van der Waals surface area contributed by atoms with Crippen LogP contribution in [0, 0.1) is 29.8 Å². The van der Waals surface area contributed by atoms with Gasteiger partial charge in [-0.2, -0.15) is 5.26 Å². The zero-order valence-corrected chi connectivity index (χ0v) is 14.8. The van der Waals surface area contributed by atoms with Crippen LogP contribution in [0.25, 0.3) is 0 Å². The molecule has 0 amide bonds. The van der Waals surface area contributed by atoms with E-state index in [-0.39, 0.29) is 0 Å². The molecular weight excluding hydrogens is 320 g/mol. The van der Waals surface area contributed by atoms with E-state index in [9.17, 15) is 5.26 Å². The van der Waals surface area contributed by atoms with Crippen molar-refractivity contribution in [1.29, 1.82) is 5.26 Å². The Morgan fingerprint density at radius 2 is 1.83 bits per heavy atom. The van der Waals surface area contributed by atoms with E-state index in [1.807, 2.05) is 26.0 Å². The normalized spacial score (nSPS) is 15.3. The number of rotatable bonds is 3. The van der Waals surface area contributed by atoms with E-state index < -0.39 is 0 Å². The highest BCUT2D eigenvalue weighted by atomic mass is 32.1. The lowest BCUT2D eigenvalue weighted by Crippen LogP contribution is -2.47. The van der Waals surface area contributed by atoms with Crippen LogP contribution in [0.4, 0.5) is 5.95 Å². The molecule has 6 nitrogen and oxygen atoms in total. The Hall–Kier alpha value is -2.30. The summed E-state index contributed by atoms with van der Waals surface area (Å²) in [6, 6.07) is 6.09. The third-order valence-electron chi connectivity index (χ3n) is 4.37. The monoisotopic (exact) mass is 340 g/mol. The molecule has 3 rings (SSSR count). The molecule has 0 unspecified atom stereocenters. The number of aryl methyl sites for hydroxylation is 2. The first-order valence-corrected chi connectivity index (χ1v) is 8.36. The molecule has 2 aromatic heterocycles. The van der Waals surface area contributed by atoms with Crippen LogP contribution in [0.3, 0.4) is 0 Å². The third-order valence-corrected chi connectivity index (χ3v) is 4.79. The Bertz CT molecular complexity index is 815. The molecule has 0 aromatic carbocycles. The summed E-state index contributed by atoms with van der Waals surface area (Å²) in [6.07, 6.45) is 3.54. The lowest BCUT2D eigenvalue weighted by molar-refractivity contribution is 0.202. The van der Waals surface area contributed by atoms with Crippen molar-refractivity contribution in [1.82, 2.24) is 19.4 Å². The Kier molecular flexibility index (Phi) is 4.88. The average molecular weight is 340 g/mol. The fraction of sp³-hybridized carbons (Fsp3) is 0.412. The number of nitriles is 1. The van der Waals surface area contributed by atoms with Gasteiger partial charge in [0.25, 0.3) is 0 Å². The molecule has 0 bridgehead atoms. The lowest BCUT2D eigenvalue weighted by atomic mass is 10.1. The number of hydrogen-bond acceptors (Lipinski definition) is 6. The van der Waals surface area contributed by atoms with Crippen LogP contribution < -0.4 is 4.90 Å². The Labute approximate surface area is 147 Å². The SMILES string of the molecule is Cc1cc(C)n(CN2CCN(c3ncccn3)CC2)c(=S)c1C#N. The molecule has 0 radical (unpaired) electrons. The number of anilines is 1. The molecule has 0 aliphatic carbocycles. The van der Waals surface area contributed by atoms with E-state index in [1.54, 1.807) is 12.4 Å². The maximum absolute atomic E-state index is 9.32. The van der Waals surface area contributed by atoms with Crippen LogP contribution in [-0.4, -0.2) is 45.6 Å². The quantitative estimate of drug-likeness (QED) is 0.799.